The van der Waals surface area contributed by atoms with Crippen LogP contribution in [0.1, 0.15) is 44.3 Å². The molecule has 0 amide bonds. The van der Waals surface area contributed by atoms with Crippen LogP contribution in [0.3, 0.4) is 0 Å². The SMILES string of the molecule is CCNC(=NCC1CCN(S(=O)(=O)C(F)(F)F)CC1)NC(C)c1ccc(C)o1. The largest absolute Gasteiger partial charge is 0.511 e. The molecule has 28 heavy (non-hydrogen) atoms. The van der Waals surface area contributed by atoms with Crippen molar-refractivity contribution in [2.45, 2.75) is 45.2 Å². The molecule has 0 aromatic carbocycles. The molecule has 2 N–H and O–H groups in total. The molecule has 0 radical (unpaired) electrons. The Balaban J connectivity index is 1.92. The summed E-state index contributed by atoms with van der Waals surface area (Å²) in [5, 5.41) is 6.35. The summed E-state index contributed by atoms with van der Waals surface area (Å²) in [6.07, 6.45) is 0.677. The van der Waals surface area contributed by atoms with E-state index in [1.165, 1.54) is 0 Å². The fourth-order valence-electron chi connectivity index (χ4n) is 2.98. The molecule has 7 nitrogen and oxygen atoms in total. The molecule has 160 valence electrons. The molecule has 11 heteroatoms. The van der Waals surface area contributed by atoms with Crippen LogP contribution in [0.15, 0.2) is 21.5 Å². The van der Waals surface area contributed by atoms with Gasteiger partial charge in [-0.1, -0.05) is 0 Å². The van der Waals surface area contributed by atoms with Gasteiger partial charge in [0, 0.05) is 26.2 Å². The van der Waals surface area contributed by atoms with Crippen molar-refractivity contribution in [2.75, 3.05) is 26.2 Å². The first kappa shape index (κ1) is 22.5. The summed E-state index contributed by atoms with van der Waals surface area (Å²) < 4.78 is 67.0. The average molecular weight is 424 g/mol. The van der Waals surface area contributed by atoms with Crippen molar-refractivity contribution >= 4 is 16.0 Å². The van der Waals surface area contributed by atoms with Crippen molar-refractivity contribution in [2.24, 2.45) is 10.9 Å². The van der Waals surface area contributed by atoms with E-state index in [4.69, 9.17) is 4.42 Å². The lowest BCUT2D eigenvalue weighted by molar-refractivity contribution is -0.0496. The summed E-state index contributed by atoms with van der Waals surface area (Å²) in [6.45, 7) is 6.49. The zero-order chi connectivity index (χ0) is 20.9. The van der Waals surface area contributed by atoms with Crippen molar-refractivity contribution in [3.05, 3.63) is 23.7 Å². The highest BCUT2D eigenvalue weighted by atomic mass is 32.2. The maximum Gasteiger partial charge on any atom is 0.511 e. The van der Waals surface area contributed by atoms with Gasteiger partial charge in [0.15, 0.2) is 5.96 Å². The summed E-state index contributed by atoms with van der Waals surface area (Å²) in [5.41, 5.74) is -5.25. The van der Waals surface area contributed by atoms with E-state index in [-0.39, 0.29) is 25.0 Å². The first-order valence-electron chi connectivity index (χ1n) is 9.22. The van der Waals surface area contributed by atoms with Gasteiger partial charge in [0.2, 0.25) is 0 Å². The van der Waals surface area contributed by atoms with Gasteiger partial charge in [0.1, 0.15) is 11.5 Å². The second kappa shape index (κ2) is 9.17. The molecule has 2 rings (SSSR count). The van der Waals surface area contributed by atoms with Crippen LogP contribution in [-0.2, 0) is 10.0 Å². The number of halogens is 3. The van der Waals surface area contributed by atoms with Crippen molar-refractivity contribution in [1.29, 1.82) is 0 Å². The molecule has 0 spiro atoms. The van der Waals surface area contributed by atoms with Crippen LogP contribution in [-0.4, -0.2) is 50.4 Å². The minimum atomic E-state index is -5.25. The molecule has 1 atom stereocenters. The van der Waals surface area contributed by atoms with E-state index in [2.05, 4.69) is 15.6 Å². The molecule has 2 heterocycles. The standard InChI is InChI=1S/C17H27F3N4O3S/c1-4-21-16(23-13(3)15-6-5-12(2)27-15)22-11-14-7-9-24(10-8-14)28(25,26)17(18,19)20/h5-6,13-14H,4,7-11H2,1-3H3,(H2,21,22,23). The molecule has 1 aromatic rings. The van der Waals surface area contributed by atoms with Crippen LogP contribution in [0, 0.1) is 12.8 Å². The average Bonchev–Trinajstić information content (AvgIpc) is 3.06. The monoisotopic (exact) mass is 424 g/mol. The number of hydrogen-bond acceptors (Lipinski definition) is 4. The third kappa shape index (κ3) is 5.63. The number of nitrogens with zero attached hydrogens (tertiary/aromatic N) is 2. The van der Waals surface area contributed by atoms with Crippen LogP contribution in [0.4, 0.5) is 13.2 Å². The van der Waals surface area contributed by atoms with E-state index >= 15 is 0 Å². The van der Waals surface area contributed by atoms with Gasteiger partial charge in [0.05, 0.1) is 6.04 Å². The number of rotatable bonds is 6. The first-order chi connectivity index (χ1) is 13.0. The normalized spacial score (nSPS) is 18.9. The zero-order valence-corrected chi connectivity index (χ0v) is 17.0. The third-order valence-corrected chi connectivity index (χ3v) is 6.23. The maximum atomic E-state index is 12.6. The van der Waals surface area contributed by atoms with Crippen molar-refractivity contribution in [3.63, 3.8) is 0 Å². The number of alkyl halides is 3. The van der Waals surface area contributed by atoms with E-state index in [0.29, 0.717) is 36.2 Å². The highest BCUT2D eigenvalue weighted by Gasteiger charge is 2.50. The second-order valence-electron chi connectivity index (χ2n) is 6.83. The molecular formula is C17H27F3N4O3S. The Morgan fingerprint density at radius 2 is 2.00 bits per heavy atom. The Labute approximate surface area is 163 Å². The van der Waals surface area contributed by atoms with Crippen molar-refractivity contribution in [3.8, 4) is 0 Å². The summed E-state index contributed by atoms with van der Waals surface area (Å²) in [4.78, 5) is 4.51. The highest BCUT2D eigenvalue weighted by Crippen LogP contribution is 2.30. The Hall–Kier alpha value is -1.75. The second-order valence-corrected chi connectivity index (χ2v) is 8.76. The van der Waals surface area contributed by atoms with E-state index in [1.54, 1.807) is 0 Å². The number of hydrogen-bond donors (Lipinski definition) is 2. The Morgan fingerprint density at radius 3 is 2.50 bits per heavy atom. The number of piperidine rings is 1. The zero-order valence-electron chi connectivity index (χ0n) is 16.2. The van der Waals surface area contributed by atoms with Crippen molar-refractivity contribution in [1.82, 2.24) is 14.9 Å². The molecule has 1 aliphatic rings. The lowest BCUT2D eigenvalue weighted by Gasteiger charge is -2.31. The number of guanidine groups is 1. The first-order valence-corrected chi connectivity index (χ1v) is 10.7. The molecular weight excluding hydrogens is 397 g/mol. The highest BCUT2D eigenvalue weighted by molar-refractivity contribution is 7.90. The number of aliphatic imine (C=N–C) groups is 1. The molecule has 0 aliphatic carbocycles. The van der Waals surface area contributed by atoms with Crippen molar-refractivity contribution < 1.29 is 26.0 Å². The summed E-state index contributed by atoms with van der Waals surface area (Å²) in [5.74, 6) is 2.19. The van der Waals surface area contributed by atoms with Crippen LogP contribution in [0.2, 0.25) is 0 Å². The molecule has 1 fully saturated rings. The molecule has 1 aromatic heterocycles. The number of furan rings is 1. The van der Waals surface area contributed by atoms with Gasteiger partial charge in [-0.3, -0.25) is 4.99 Å². The Bertz CT molecular complexity index is 769. The van der Waals surface area contributed by atoms with Crippen LogP contribution >= 0.6 is 0 Å². The van der Waals surface area contributed by atoms with Crippen LogP contribution in [0.25, 0.3) is 0 Å². The summed E-state index contributed by atoms with van der Waals surface area (Å²) in [6, 6.07) is 3.65. The fraction of sp³-hybridized carbons (Fsp3) is 0.706. The minimum Gasteiger partial charge on any atom is -0.464 e. The molecule has 0 saturated carbocycles. The van der Waals surface area contributed by atoms with Crippen LogP contribution < -0.4 is 10.6 Å². The van der Waals surface area contributed by atoms with Gasteiger partial charge in [-0.15, -0.1) is 0 Å². The van der Waals surface area contributed by atoms with Gasteiger partial charge in [-0.2, -0.15) is 17.5 Å². The molecule has 1 saturated heterocycles. The van der Waals surface area contributed by atoms with Gasteiger partial charge < -0.3 is 15.1 Å². The van der Waals surface area contributed by atoms with E-state index in [1.807, 2.05) is 32.9 Å². The van der Waals surface area contributed by atoms with Gasteiger partial charge in [0.25, 0.3) is 0 Å². The quantitative estimate of drug-likeness (QED) is 0.542. The van der Waals surface area contributed by atoms with Gasteiger partial charge in [-0.05, 0) is 51.7 Å². The lowest BCUT2D eigenvalue weighted by atomic mass is 9.98. The minimum absolute atomic E-state index is 0.0244. The predicted molar refractivity (Wildman–Crippen MR) is 100 cm³/mol. The van der Waals surface area contributed by atoms with Gasteiger partial charge in [-0.25, -0.2) is 8.42 Å². The summed E-state index contributed by atoms with van der Waals surface area (Å²) >= 11 is 0. The predicted octanol–water partition coefficient (Wildman–Crippen LogP) is 2.77. The maximum absolute atomic E-state index is 12.6. The Kier molecular flexibility index (Phi) is 7.38. The molecule has 1 aliphatic heterocycles. The van der Waals surface area contributed by atoms with E-state index < -0.39 is 15.5 Å². The van der Waals surface area contributed by atoms with Crippen LogP contribution in [0.5, 0.6) is 0 Å². The van der Waals surface area contributed by atoms with Gasteiger partial charge >= 0.3 is 15.5 Å². The Morgan fingerprint density at radius 1 is 1.36 bits per heavy atom. The molecule has 1 unspecified atom stereocenters. The number of sulfonamides is 1. The summed E-state index contributed by atoms with van der Waals surface area (Å²) in [7, 11) is -5.24. The smallest absolute Gasteiger partial charge is 0.464 e. The fourth-order valence-corrected chi connectivity index (χ4v) is 3.97. The topological polar surface area (TPSA) is 86.9 Å². The van der Waals surface area contributed by atoms with E-state index in [9.17, 15) is 21.6 Å². The lowest BCUT2D eigenvalue weighted by Crippen LogP contribution is -2.45. The number of nitrogens with one attached hydrogen (secondary N) is 2. The van der Waals surface area contributed by atoms with E-state index in [0.717, 1.165) is 11.5 Å². The molecule has 0 bridgehead atoms. The third-order valence-electron chi connectivity index (χ3n) is 4.60. The number of aryl methyl sites for hydroxylation is 1.